The highest BCUT2D eigenvalue weighted by Crippen LogP contribution is 2.27. The zero-order valence-electron chi connectivity index (χ0n) is 17.8. The number of hydrogen-bond acceptors (Lipinski definition) is 4. The van der Waals surface area contributed by atoms with Crippen LogP contribution in [0.15, 0.2) is 53.5 Å². The van der Waals surface area contributed by atoms with E-state index in [2.05, 4.69) is 44.6 Å². The monoisotopic (exact) mass is 545 g/mol. The van der Waals surface area contributed by atoms with Gasteiger partial charge in [-0.25, -0.2) is 9.07 Å². The van der Waals surface area contributed by atoms with E-state index in [1.807, 2.05) is 6.07 Å². The van der Waals surface area contributed by atoms with Crippen LogP contribution < -0.4 is 16.0 Å². The molecule has 2 heterocycles. The molecule has 0 fully saturated rings. The number of nitrogen functional groups attached to an aromatic ring is 1. The first-order valence-electron chi connectivity index (χ1n) is 10.2. The molecule has 4 rings (SSSR count). The maximum Gasteiger partial charge on any atom is 0.198 e. The highest BCUT2D eigenvalue weighted by atomic mass is 127. The van der Waals surface area contributed by atoms with Gasteiger partial charge in [0, 0.05) is 25.8 Å². The molecule has 0 amide bonds. The largest absolute Gasteiger partial charge is 0.382 e. The van der Waals surface area contributed by atoms with E-state index in [4.69, 9.17) is 5.73 Å². The number of hydrogen-bond donors (Lipinski definition) is 2. The van der Waals surface area contributed by atoms with Crippen LogP contribution in [-0.4, -0.2) is 35.9 Å². The number of benzene rings is 2. The summed E-state index contributed by atoms with van der Waals surface area (Å²) in [6.07, 6.45) is 2.34. The van der Waals surface area contributed by atoms with Crippen LogP contribution in [0.2, 0.25) is 0 Å². The molecule has 0 spiro atoms. The molecule has 3 N–H and O–H groups in total. The second-order valence-corrected chi connectivity index (χ2v) is 7.31. The van der Waals surface area contributed by atoms with Gasteiger partial charge in [-0.1, -0.05) is 18.2 Å². The van der Waals surface area contributed by atoms with Gasteiger partial charge in [0.15, 0.2) is 5.96 Å². The summed E-state index contributed by atoms with van der Waals surface area (Å²) in [6, 6.07) is 16.4. The molecule has 0 unspecified atom stereocenters. The molecule has 0 bridgehead atoms. The van der Waals surface area contributed by atoms with Gasteiger partial charge in [-0.2, -0.15) is 10.4 Å². The van der Waals surface area contributed by atoms with Crippen molar-refractivity contribution in [3.63, 3.8) is 0 Å². The van der Waals surface area contributed by atoms with Gasteiger partial charge in [0.25, 0.3) is 0 Å². The number of fused-ring (bicyclic) bond motifs is 1. The SMILES string of the molecule is CN=C(NCCCc1nn(-c2ccc(F)cc2)c(N)c1C#N)N1CCc2ccccc21.I. The Bertz CT molecular complexity index is 1150. The fraction of sp³-hybridized carbons (Fsp3) is 0.261. The second-order valence-electron chi connectivity index (χ2n) is 7.31. The summed E-state index contributed by atoms with van der Waals surface area (Å²) in [5.74, 6) is 0.763. The van der Waals surface area contributed by atoms with Crippen molar-refractivity contribution in [3.05, 3.63) is 71.2 Å². The average Bonchev–Trinajstić information content (AvgIpc) is 3.35. The van der Waals surface area contributed by atoms with Crippen LogP contribution in [0.5, 0.6) is 0 Å². The Labute approximate surface area is 203 Å². The highest BCUT2D eigenvalue weighted by molar-refractivity contribution is 14.0. The molecule has 0 radical (unpaired) electrons. The number of nitrogens with two attached hydrogens (primary N) is 1. The van der Waals surface area contributed by atoms with Crippen LogP contribution >= 0.6 is 24.0 Å². The number of aryl methyl sites for hydroxylation is 1. The van der Waals surface area contributed by atoms with Gasteiger partial charge in [-0.05, 0) is 55.2 Å². The van der Waals surface area contributed by atoms with E-state index in [1.54, 1.807) is 19.2 Å². The van der Waals surface area contributed by atoms with Crippen LogP contribution in [0.1, 0.15) is 23.2 Å². The number of anilines is 2. The summed E-state index contributed by atoms with van der Waals surface area (Å²) < 4.78 is 14.7. The second kappa shape index (κ2) is 10.5. The maximum atomic E-state index is 13.2. The third kappa shape index (κ3) is 4.70. The van der Waals surface area contributed by atoms with Crippen molar-refractivity contribution in [2.24, 2.45) is 4.99 Å². The van der Waals surface area contributed by atoms with Crippen molar-refractivity contribution in [2.45, 2.75) is 19.3 Å². The molecule has 1 aliphatic heterocycles. The molecule has 166 valence electrons. The lowest BCUT2D eigenvalue weighted by molar-refractivity contribution is 0.627. The Morgan fingerprint density at radius 3 is 2.72 bits per heavy atom. The molecular formula is C23H25FIN7. The summed E-state index contributed by atoms with van der Waals surface area (Å²) in [7, 11) is 1.78. The number of rotatable bonds is 5. The van der Waals surface area contributed by atoms with Gasteiger partial charge >= 0.3 is 0 Å². The third-order valence-electron chi connectivity index (χ3n) is 5.40. The number of nitrogens with one attached hydrogen (secondary N) is 1. The van der Waals surface area contributed by atoms with Crippen LogP contribution in [0.3, 0.4) is 0 Å². The van der Waals surface area contributed by atoms with Crippen molar-refractivity contribution >= 4 is 41.4 Å². The van der Waals surface area contributed by atoms with Crippen LogP contribution in [0.25, 0.3) is 5.69 Å². The first-order chi connectivity index (χ1) is 15.1. The number of nitriles is 1. The molecule has 0 saturated carbocycles. The average molecular weight is 545 g/mol. The number of aromatic nitrogens is 2. The van der Waals surface area contributed by atoms with E-state index < -0.39 is 0 Å². The van der Waals surface area contributed by atoms with E-state index in [9.17, 15) is 9.65 Å². The molecule has 1 aliphatic rings. The summed E-state index contributed by atoms with van der Waals surface area (Å²) in [5.41, 5.74) is 10.3. The summed E-state index contributed by atoms with van der Waals surface area (Å²) >= 11 is 0. The lowest BCUT2D eigenvalue weighted by Crippen LogP contribution is -2.41. The van der Waals surface area contributed by atoms with Gasteiger partial charge in [-0.3, -0.25) is 4.99 Å². The number of para-hydroxylation sites is 1. The van der Waals surface area contributed by atoms with E-state index in [-0.39, 0.29) is 35.6 Å². The van der Waals surface area contributed by atoms with Crippen LogP contribution in [0.4, 0.5) is 15.9 Å². The quantitative estimate of drug-likeness (QED) is 0.221. The molecule has 1 aromatic heterocycles. The lowest BCUT2D eigenvalue weighted by atomic mass is 10.1. The topological polar surface area (TPSA) is 95.3 Å². The normalized spacial score (nSPS) is 12.8. The molecule has 32 heavy (non-hydrogen) atoms. The van der Waals surface area contributed by atoms with Gasteiger partial charge in [0.05, 0.1) is 11.4 Å². The summed E-state index contributed by atoms with van der Waals surface area (Å²) in [6.45, 7) is 1.58. The molecule has 9 heteroatoms. The molecule has 3 aromatic rings. The molecule has 0 saturated heterocycles. The molecule has 0 atom stereocenters. The Morgan fingerprint density at radius 2 is 2.00 bits per heavy atom. The predicted octanol–water partition coefficient (Wildman–Crippen LogP) is 3.65. The fourth-order valence-electron chi connectivity index (χ4n) is 3.86. The predicted molar refractivity (Wildman–Crippen MR) is 135 cm³/mol. The van der Waals surface area contributed by atoms with E-state index in [0.717, 1.165) is 25.3 Å². The zero-order chi connectivity index (χ0) is 21.8. The molecule has 0 aliphatic carbocycles. The van der Waals surface area contributed by atoms with Crippen molar-refractivity contribution in [2.75, 3.05) is 30.8 Å². The Hall–Kier alpha value is -3.13. The van der Waals surface area contributed by atoms with Gasteiger partial charge in [0.2, 0.25) is 0 Å². The van der Waals surface area contributed by atoms with Gasteiger partial charge < -0.3 is 16.0 Å². The fourth-order valence-corrected chi connectivity index (χ4v) is 3.86. The van der Waals surface area contributed by atoms with Gasteiger partial charge in [0.1, 0.15) is 23.3 Å². The molecule has 2 aromatic carbocycles. The number of guanidine groups is 1. The lowest BCUT2D eigenvalue weighted by Gasteiger charge is -2.22. The Kier molecular flexibility index (Phi) is 7.69. The first kappa shape index (κ1) is 23.5. The molecular weight excluding hydrogens is 520 g/mol. The van der Waals surface area contributed by atoms with Crippen molar-refractivity contribution < 1.29 is 4.39 Å². The minimum atomic E-state index is -0.338. The Balaban J connectivity index is 0.00000289. The van der Waals surface area contributed by atoms with E-state index in [0.29, 0.717) is 29.9 Å². The minimum absolute atomic E-state index is 0. The first-order valence-corrected chi connectivity index (χ1v) is 10.2. The van der Waals surface area contributed by atoms with Crippen LogP contribution in [-0.2, 0) is 12.8 Å². The third-order valence-corrected chi connectivity index (χ3v) is 5.40. The van der Waals surface area contributed by atoms with Crippen molar-refractivity contribution in [1.29, 1.82) is 5.26 Å². The van der Waals surface area contributed by atoms with Crippen molar-refractivity contribution in [3.8, 4) is 11.8 Å². The smallest absolute Gasteiger partial charge is 0.198 e. The highest BCUT2D eigenvalue weighted by Gasteiger charge is 2.22. The van der Waals surface area contributed by atoms with E-state index in [1.165, 1.54) is 28.1 Å². The van der Waals surface area contributed by atoms with E-state index >= 15 is 0 Å². The number of halogens is 2. The number of nitrogens with zero attached hydrogens (tertiary/aromatic N) is 5. The number of aliphatic imine (C=N–C) groups is 1. The Morgan fingerprint density at radius 1 is 1.25 bits per heavy atom. The zero-order valence-corrected chi connectivity index (χ0v) is 20.1. The maximum absolute atomic E-state index is 13.2. The summed E-state index contributed by atoms with van der Waals surface area (Å²) in [4.78, 5) is 6.61. The standard InChI is InChI=1S/C23H24FN7.HI/c1-27-23(30-14-12-16-5-2-3-7-21(16)30)28-13-4-6-20-19(15-25)22(26)31(29-20)18-10-8-17(24)9-11-18;/h2-3,5,7-11H,4,6,12-14,26H2,1H3,(H,27,28);1H. The van der Waals surface area contributed by atoms with Gasteiger partial charge in [-0.15, -0.1) is 24.0 Å². The van der Waals surface area contributed by atoms with Crippen LogP contribution in [0, 0.1) is 17.1 Å². The summed E-state index contributed by atoms with van der Waals surface area (Å²) in [5, 5.41) is 17.4. The molecule has 7 nitrogen and oxygen atoms in total. The minimum Gasteiger partial charge on any atom is -0.382 e. The van der Waals surface area contributed by atoms with Crippen molar-refractivity contribution in [1.82, 2.24) is 15.1 Å².